The number of amides is 1. The van der Waals surface area contributed by atoms with E-state index >= 15 is 0 Å². The molecule has 1 heterocycles. The Balaban J connectivity index is 2.45. The molecule has 0 aliphatic carbocycles. The molecule has 2 aromatic rings. The largest absolute Gasteiger partial charge is 0.349 e. The molecule has 2 rings (SSSR count). The minimum absolute atomic E-state index is 0.00342. The standard InChI is InChI=1S/C17H17ClN4O/c1-11(2)20-17(23)13(10-19)9-15-12(3)21-22(16(15)18)14-7-5-4-6-8-14/h4-9,11H,1-3H3,(H,20,23). The first-order valence-corrected chi connectivity index (χ1v) is 7.55. The highest BCUT2D eigenvalue weighted by molar-refractivity contribution is 6.31. The van der Waals surface area contributed by atoms with E-state index in [2.05, 4.69) is 10.4 Å². The molecule has 0 bridgehead atoms. The number of hydrogen-bond acceptors (Lipinski definition) is 3. The maximum absolute atomic E-state index is 12.0. The number of nitrogens with one attached hydrogen (secondary N) is 1. The zero-order valence-corrected chi connectivity index (χ0v) is 13.9. The van der Waals surface area contributed by atoms with Gasteiger partial charge in [0, 0.05) is 11.6 Å². The lowest BCUT2D eigenvalue weighted by Crippen LogP contribution is -2.30. The Kier molecular flexibility index (Phi) is 5.20. The molecular formula is C17H17ClN4O. The maximum atomic E-state index is 12.0. The maximum Gasteiger partial charge on any atom is 0.262 e. The molecule has 0 unspecified atom stereocenters. The van der Waals surface area contributed by atoms with Crippen LogP contribution in [0, 0.1) is 18.3 Å². The van der Waals surface area contributed by atoms with Crippen LogP contribution in [-0.4, -0.2) is 21.7 Å². The smallest absolute Gasteiger partial charge is 0.262 e. The van der Waals surface area contributed by atoms with Crippen molar-refractivity contribution < 1.29 is 4.79 Å². The van der Waals surface area contributed by atoms with Crippen LogP contribution in [0.2, 0.25) is 5.15 Å². The average molecular weight is 329 g/mol. The predicted octanol–water partition coefficient (Wildman–Crippen LogP) is 3.27. The molecule has 0 aliphatic heterocycles. The SMILES string of the molecule is Cc1nn(-c2ccccc2)c(Cl)c1C=C(C#N)C(=O)NC(C)C. The summed E-state index contributed by atoms with van der Waals surface area (Å²) in [6, 6.07) is 11.3. The van der Waals surface area contributed by atoms with Gasteiger partial charge < -0.3 is 5.32 Å². The fourth-order valence-electron chi connectivity index (χ4n) is 2.05. The van der Waals surface area contributed by atoms with Gasteiger partial charge in [0.25, 0.3) is 5.91 Å². The summed E-state index contributed by atoms with van der Waals surface area (Å²) in [5.74, 6) is -0.426. The summed E-state index contributed by atoms with van der Waals surface area (Å²) in [6.45, 7) is 5.45. The van der Waals surface area contributed by atoms with Crippen LogP contribution in [-0.2, 0) is 4.79 Å². The summed E-state index contributed by atoms with van der Waals surface area (Å²) >= 11 is 6.39. The van der Waals surface area contributed by atoms with Crippen molar-refractivity contribution in [1.82, 2.24) is 15.1 Å². The molecule has 1 aromatic heterocycles. The van der Waals surface area contributed by atoms with Crippen molar-refractivity contribution in [3.63, 3.8) is 0 Å². The number of rotatable bonds is 4. The van der Waals surface area contributed by atoms with E-state index in [0.29, 0.717) is 16.4 Å². The average Bonchev–Trinajstić information content (AvgIpc) is 2.80. The van der Waals surface area contributed by atoms with Gasteiger partial charge in [-0.15, -0.1) is 0 Å². The molecule has 1 N–H and O–H groups in total. The number of nitrogens with zero attached hydrogens (tertiary/aromatic N) is 3. The van der Waals surface area contributed by atoms with Gasteiger partial charge in [0.05, 0.1) is 11.4 Å². The number of aromatic nitrogens is 2. The molecule has 1 amide bonds. The fourth-order valence-corrected chi connectivity index (χ4v) is 2.37. The van der Waals surface area contributed by atoms with Gasteiger partial charge in [-0.3, -0.25) is 4.79 Å². The molecule has 118 valence electrons. The summed E-state index contributed by atoms with van der Waals surface area (Å²) in [5.41, 5.74) is 2.01. The Morgan fingerprint density at radius 1 is 1.39 bits per heavy atom. The zero-order valence-electron chi connectivity index (χ0n) is 13.2. The van der Waals surface area contributed by atoms with E-state index < -0.39 is 5.91 Å². The fraction of sp³-hybridized carbons (Fsp3) is 0.235. The second kappa shape index (κ2) is 7.12. The number of nitriles is 1. The van der Waals surface area contributed by atoms with Gasteiger partial charge in [0.15, 0.2) is 0 Å². The van der Waals surface area contributed by atoms with Gasteiger partial charge >= 0.3 is 0 Å². The van der Waals surface area contributed by atoms with Crippen LogP contribution in [0.3, 0.4) is 0 Å². The number of para-hydroxylation sites is 1. The molecule has 1 aromatic carbocycles. The summed E-state index contributed by atoms with van der Waals surface area (Å²) < 4.78 is 1.58. The van der Waals surface area contributed by atoms with Crippen LogP contribution in [0.1, 0.15) is 25.1 Å². The van der Waals surface area contributed by atoms with Crippen LogP contribution in [0.15, 0.2) is 35.9 Å². The van der Waals surface area contributed by atoms with E-state index in [0.717, 1.165) is 5.69 Å². The molecule has 0 fully saturated rings. The van der Waals surface area contributed by atoms with E-state index in [1.807, 2.05) is 50.2 Å². The number of carbonyl (C=O) groups excluding carboxylic acids is 1. The Bertz CT molecular complexity index is 785. The number of halogens is 1. The minimum atomic E-state index is -0.426. The highest BCUT2D eigenvalue weighted by Crippen LogP contribution is 2.25. The van der Waals surface area contributed by atoms with E-state index in [1.54, 1.807) is 11.6 Å². The third kappa shape index (κ3) is 3.79. The number of hydrogen-bond donors (Lipinski definition) is 1. The summed E-state index contributed by atoms with van der Waals surface area (Å²) in [6.07, 6.45) is 1.47. The van der Waals surface area contributed by atoms with Crippen LogP contribution >= 0.6 is 11.6 Å². The third-order valence-electron chi connectivity index (χ3n) is 3.12. The van der Waals surface area contributed by atoms with Gasteiger partial charge in [-0.25, -0.2) is 4.68 Å². The molecule has 0 spiro atoms. The van der Waals surface area contributed by atoms with Crippen LogP contribution < -0.4 is 5.32 Å². The lowest BCUT2D eigenvalue weighted by Gasteiger charge is -2.07. The molecule has 6 heteroatoms. The van der Waals surface area contributed by atoms with Crippen molar-refractivity contribution in [1.29, 1.82) is 5.26 Å². The Morgan fingerprint density at radius 3 is 2.61 bits per heavy atom. The third-order valence-corrected chi connectivity index (χ3v) is 3.49. The van der Waals surface area contributed by atoms with E-state index in [-0.39, 0.29) is 11.6 Å². The van der Waals surface area contributed by atoms with Crippen LogP contribution in [0.5, 0.6) is 0 Å². The molecule has 0 atom stereocenters. The Morgan fingerprint density at radius 2 is 2.04 bits per heavy atom. The molecule has 0 aliphatic rings. The molecular weight excluding hydrogens is 312 g/mol. The van der Waals surface area contributed by atoms with Crippen molar-refractivity contribution in [3.05, 3.63) is 52.3 Å². The van der Waals surface area contributed by atoms with Gasteiger partial charge in [-0.05, 0) is 39.0 Å². The molecule has 5 nitrogen and oxygen atoms in total. The van der Waals surface area contributed by atoms with Crippen LogP contribution in [0.25, 0.3) is 11.8 Å². The normalized spacial score (nSPS) is 11.4. The summed E-state index contributed by atoms with van der Waals surface area (Å²) in [7, 11) is 0. The first-order valence-electron chi connectivity index (χ1n) is 7.17. The van der Waals surface area contributed by atoms with Crippen molar-refractivity contribution in [2.45, 2.75) is 26.8 Å². The van der Waals surface area contributed by atoms with Gasteiger partial charge in [0.2, 0.25) is 0 Å². The van der Waals surface area contributed by atoms with E-state index in [4.69, 9.17) is 11.6 Å². The second-order valence-corrected chi connectivity index (χ2v) is 5.69. The van der Waals surface area contributed by atoms with Crippen molar-refractivity contribution in [2.24, 2.45) is 0 Å². The van der Waals surface area contributed by atoms with Crippen LogP contribution in [0.4, 0.5) is 0 Å². The lowest BCUT2D eigenvalue weighted by atomic mass is 10.1. The van der Waals surface area contributed by atoms with Crippen molar-refractivity contribution in [3.8, 4) is 11.8 Å². The highest BCUT2D eigenvalue weighted by atomic mass is 35.5. The summed E-state index contributed by atoms with van der Waals surface area (Å²) in [4.78, 5) is 12.0. The highest BCUT2D eigenvalue weighted by Gasteiger charge is 2.16. The minimum Gasteiger partial charge on any atom is -0.349 e. The molecule has 23 heavy (non-hydrogen) atoms. The lowest BCUT2D eigenvalue weighted by molar-refractivity contribution is -0.117. The second-order valence-electron chi connectivity index (χ2n) is 5.34. The zero-order chi connectivity index (χ0) is 17.0. The van der Waals surface area contributed by atoms with Crippen molar-refractivity contribution in [2.75, 3.05) is 0 Å². The number of aryl methyl sites for hydroxylation is 1. The van der Waals surface area contributed by atoms with Gasteiger partial charge in [-0.2, -0.15) is 10.4 Å². The predicted molar refractivity (Wildman–Crippen MR) is 90.2 cm³/mol. The van der Waals surface area contributed by atoms with Crippen molar-refractivity contribution >= 4 is 23.6 Å². The number of carbonyl (C=O) groups is 1. The summed E-state index contributed by atoms with van der Waals surface area (Å²) in [5, 5.41) is 16.7. The molecule has 0 radical (unpaired) electrons. The first kappa shape index (κ1) is 16.8. The van der Waals surface area contributed by atoms with Gasteiger partial charge in [-0.1, -0.05) is 29.8 Å². The Labute approximate surface area is 140 Å². The molecule has 0 saturated heterocycles. The van der Waals surface area contributed by atoms with E-state index in [1.165, 1.54) is 6.08 Å². The van der Waals surface area contributed by atoms with E-state index in [9.17, 15) is 10.1 Å². The first-order chi connectivity index (χ1) is 10.9. The monoisotopic (exact) mass is 328 g/mol. The number of benzene rings is 1. The van der Waals surface area contributed by atoms with Gasteiger partial charge in [0.1, 0.15) is 16.8 Å². The topological polar surface area (TPSA) is 70.7 Å². The molecule has 0 saturated carbocycles. The quantitative estimate of drug-likeness (QED) is 0.691. The Hall–Kier alpha value is -2.58.